The normalized spacial score (nSPS) is 13.5. The van der Waals surface area contributed by atoms with E-state index in [9.17, 15) is 9.59 Å². The third kappa shape index (κ3) is 5.09. The molecule has 0 bridgehead atoms. The Bertz CT molecular complexity index is 1400. The Morgan fingerprint density at radius 2 is 1.68 bits per heavy atom. The molecule has 1 saturated heterocycles. The molecule has 0 aliphatic carbocycles. The lowest BCUT2D eigenvalue weighted by molar-refractivity contribution is 0.0718. The lowest BCUT2D eigenvalue weighted by atomic mass is 10.1. The average Bonchev–Trinajstić information content (AvgIpc) is 3.31. The molecule has 3 aromatic carbocycles. The molecule has 2 amide bonds. The molecule has 0 saturated carbocycles. The lowest BCUT2D eigenvalue weighted by Crippen LogP contribution is -2.48. The minimum absolute atomic E-state index is 0.135. The summed E-state index contributed by atoms with van der Waals surface area (Å²) in [6, 6.07) is 22.1. The summed E-state index contributed by atoms with van der Waals surface area (Å²) < 4.78 is 16.8. The van der Waals surface area contributed by atoms with Crippen molar-refractivity contribution < 1.29 is 23.5 Å². The Labute approximate surface area is 215 Å². The van der Waals surface area contributed by atoms with Gasteiger partial charge in [0.25, 0.3) is 11.8 Å². The van der Waals surface area contributed by atoms with Crippen LogP contribution in [0.3, 0.4) is 0 Å². The topological polar surface area (TPSA) is 84.2 Å². The van der Waals surface area contributed by atoms with Crippen LogP contribution < -0.4 is 19.7 Å². The van der Waals surface area contributed by atoms with Crippen LogP contribution in [0, 0.1) is 0 Å². The van der Waals surface area contributed by atoms with Gasteiger partial charge < -0.3 is 29.0 Å². The highest BCUT2D eigenvalue weighted by molar-refractivity contribution is 6.14. The Morgan fingerprint density at radius 1 is 0.919 bits per heavy atom. The minimum Gasteiger partial charge on any atom is -0.497 e. The van der Waals surface area contributed by atoms with Gasteiger partial charge >= 0.3 is 0 Å². The van der Waals surface area contributed by atoms with E-state index in [0.717, 1.165) is 11.4 Å². The second-order valence-electron chi connectivity index (χ2n) is 8.69. The molecule has 37 heavy (non-hydrogen) atoms. The maximum Gasteiger partial charge on any atom is 0.291 e. The van der Waals surface area contributed by atoms with Gasteiger partial charge in [-0.3, -0.25) is 9.59 Å². The average molecular weight is 500 g/mol. The first-order chi connectivity index (χ1) is 18.1. The van der Waals surface area contributed by atoms with Crippen molar-refractivity contribution in [3.05, 3.63) is 84.1 Å². The largest absolute Gasteiger partial charge is 0.497 e. The van der Waals surface area contributed by atoms with Crippen LogP contribution in [-0.2, 0) is 0 Å². The van der Waals surface area contributed by atoms with Crippen LogP contribution in [0.15, 0.2) is 77.2 Å². The number of anilines is 2. The third-order valence-electron chi connectivity index (χ3n) is 6.44. The van der Waals surface area contributed by atoms with Gasteiger partial charge in [-0.05, 0) is 55.5 Å². The summed E-state index contributed by atoms with van der Waals surface area (Å²) in [5.74, 6) is 1.05. The highest BCUT2D eigenvalue weighted by Crippen LogP contribution is 2.33. The van der Waals surface area contributed by atoms with E-state index in [1.165, 1.54) is 0 Å². The monoisotopic (exact) mass is 499 g/mol. The zero-order chi connectivity index (χ0) is 25.8. The van der Waals surface area contributed by atoms with E-state index < -0.39 is 0 Å². The highest BCUT2D eigenvalue weighted by atomic mass is 16.5. The van der Waals surface area contributed by atoms with E-state index in [0.29, 0.717) is 60.8 Å². The van der Waals surface area contributed by atoms with Crippen LogP contribution in [0.1, 0.15) is 27.8 Å². The van der Waals surface area contributed by atoms with Gasteiger partial charge in [0.15, 0.2) is 0 Å². The molecule has 1 aliphatic rings. The first-order valence-corrected chi connectivity index (χ1v) is 12.3. The maximum atomic E-state index is 13.6. The molecule has 0 radical (unpaired) electrons. The van der Waals surface area contributed by atoms with Gasteiger partial charge in [-0.15, -0.1) is 0 Å². The molecule has 0 unspecified atom stereocenters. The van der Waals surface area contributed by atoms with Crippen molar-refractivity contribution in [2.75, 3.05) is 50.1 Å². The Balaban J connectivity index is 1.35. The number of nitrogens with zero attached hydrogens (tertiary/aromatic N) is 2. The van der Waals surface area contributed by atoms with Crippen molar-refractivity contribution in [2.24, 2.45) is 0 Å². The fraction of sp³-hybridized carbons (Fsp3) is 0.241. The van der Waals surface area contributed by atoms with Gasteiger partial charge in [0, 0.05) is 48.9 Å². The van der Waals surface area contributed by atoms with E-state index in [1.807, 2.05) is 49.4 Å². The first kappa shape index (κ1) is 24.2. The van der Waals surface area contributed by atoms with Gasteiger partial charge in [0.05, 0.1) is 13.7 Å². The standard InChI is InChI=1S/C29H29N3O5/c1-3-36-22-13-11-20(12-14-22)28(33)30-26-24-9-4-5-10-25(24)37-27(26)29(34)32-17-15-31(16-18-32)21-7-6-8-23(19-21)35-2/h4-14,19H,3,15-18H2,1-2H3,(H,30,33). The van der Waals surface area contributed by atoms with Crippen molar-refractivity contribution in [2.45, 2.75) is 6.92 Å². The molecule has 1 aromatic heterocycles. The van der Waals surface area contributed by atoms with Crippen LogP contribution in [0.5, 0.6) is 11.5 Å². The Morgan fingerprint density at radius 3 is 2.41 bits per heavy atom. The molecule has 190 valence electrons. The van der Waals surface area contributed by atoms with E-state index in [4.69, 9.17) is 13.9 Å². The fourth-order valence-corrected chi connectivity index (χ4v) is 4.49. The number of rotatable bonds is 7. The number of methoxy groups -OCH3 is 1. The van der Waals surface area contributed by atoms with Crippen molar-refractivity contribution in [3.63, 3.8) is 0 Å². The maximum absolute atomic E-state index is 13.6. The molecule has 1 aliphatic heterocycles. The molecular weight excluding hydrogens is 470 g/mol. The second kappa shape index (κ2) is 10.7. The fourth-order valence-electron chi connectivity index (χ4n) is 4.49. The zero-order valence-corrected chi connectivity index (χ0v) is 20.9. The number of benzene rings is 3. The van der Waals surface area contributed by atoms with E-state index >= 15 is 0 Å². The second-order valence-corrected chi connectivity index (χ2v) is 8.69. The van der Waals surface area contributed by atoms with Crippen molar-refractivity contribution in [1.82, 2.24) is 4.90 Å². The highest BCUT2D eigenvalue weighted by Gasteiger charge is 2.29. The number of ether oxygens (including phenoxy) is 2. The number of carbonyl (C=O) groups excluding carboxylic acids is 2. The molecule has 4 aromatic rings. The van der Waals surface area contributed by atoms with Gasteiger partial charge in [0.2, 0.25) is 5.76 Å². The molecule has 0 atom stereocenters. The predicted octanol–water partition coefficient (Wildman–Crippen LogP) is 5.05. The summed E-state index contributed by atoms with van der Waals surface area (Å²) in [5, 5.41) is 3.60. The third-order valence-corrected chi connectivity index (χ3v) is 6.44. The van der Waals surface area contributed by atoms with Crippen molar-refractivity contribution >= 4 is 34.2 Å². The molecule has 1 N–H and O–H groups in total. The van der Waals surface area contributed by atoms with Gasteiger partial charge in [-0.1, -0.05) is 18.2 Å². The number of amides is 2. The SMILES string of the molecule is CCOc1ccc(C(=O)Nc2c(C(=O)N3CCN(c4cccc(OC)c4)CC3)oc3ccccc23)cc1. The zero-order valence-electron chi connectivity index (χ0n) is 20.9. The number of para-hydroxylation sites is 1. The molecular formula is C29H29N3O5. The summed E-state index contributed by atoms with van der Waals surface area (Å²) in [7, 11) is 1.65. The molecule has 2 heterocycles. The van der Waals surface area contributed by atoms with E-state index in [-0.39, 0.29) is 17.6 Å². The minimum atomic E-state index is -0.327. The molecule has 8 nitrogen and oxygen atoms in total. The number of carbonyl (C=O) groups is 2. The molecule has 8 heteroatoms. The summed E-state index contributed by atoms with van der Waals surface area (Å²) in [6.07, 6.45) is 0. The quantitative estimate of drug-likeness (QED) is 0.383. The van der Waals surface area contributed by atoms with Crippen LogP contribution in [0.25, 0.3) is 11.0 Å². The number of hydrogen-bond acceptors (Lipinski definition) is 6. The number of fused-ring (bicyclic) bond motifs is 1. The summed E-state index contributed by atoms with van der Waals surface area (Å²) in [6.45, 7) is 4.85. The Hall–Kier alpha value is -4.46. The summed E-state index contributed by atoms with van der Waals surface area (Å²) in [4.78, 5) is 30.7. The molecule has 5 rings (SSSR count). The smallest absolute Gasteiger partial charge is 0.291 e. The van der Waals surface area contributed by atoms with Gasteiger partial charge in [-0.25, -0.2) is 0 Å². The summed E-state index contributed by atoms with van der Waals surface area (Å²) in [5.41, 5.74) is 2.44. The first-order valence-electron chi connectivity index (χ1n) is 12.3. The predicted molar refractivity (Wildman–Crippen MR) is 143 cm³/mol. The molecule has 1 fully saturated rings. The van der Waals surface area contributed by atoms with E-state index in [1.54, 1.807) is 42.3 Å². The van der Waals surface area contributed by atoms with E-state index in [2.05, 4.69) is 10.2 Å². The number of nitrogens with one attached hydrogen (secondary N) is 1. The molecule has 0 spiro atoms. The Kier molecular flexibility index (Phi) is 6.98. The van der Waals surface area contributed by atoms with Crippen LogP contribution in [0.2, 0.25) is 0 Å². The summed E-state index contributed by atoms with van der Waals surface area (Å²) >= 11 is 0. The van der Waals surface area contributed by atoms with Crippen LogP contribution >= 0.6 is 0 Å². The van der Waals surface area contributed by atoms with Gasteiger partial charge in [-0.2, -0.15) is 0 Å². The van der Waals surface area contributed by atoms with Crippen LogP contribution in [0.4, 0.5) is 11.4 Å². The number of furan rings is 1. The van der Waals surface area contributed by atoms with Crippen LogP contribution in [-0.4, -0.2) is 56.6 Å². The number of piperazine rings is 1. The lowest BCUT2D eigenvalue weighted by Gasteiger charge is -2.36. The number of hydrogen-bond donors (Lipinski definition) is 1. The van der Waals surface area contributed by atoms with Gasteiger partial charge in [0.1, 0.15) is 22.8 Å². The van der Waals surface area contributed by atoms with Crippen molar-refractivity contribution in [3.8, 4) is 11.5 Å². The van der Waals surface area contributed by atoms with Crippen molar-refractivity contribution in [1.29, 1.82) is 0 Å².